The highest BCUT2D eigenvalue weighted by atomic mass is 16.7. The van der Waals surface area contributed by atoms with Gasteiger partial charge in [-0.25, -0.2) is 0 Å². The molecule has 1 aliphatic heterocycles. The molecule has 0 unspecified atom stereocenters. The monoisotopic (exact) mass is 640 g/mol. The quantitative estimate of drug-likeness (QED) is 0.113. The number of carbonyl (C=O) groups excluding carboxylic acids is 1. The lowest BCUT2D eigenvalue weighted by Gasteiger charge is -2.39. The number of benzene rings is 3. The molecule has 1 saturated carbocycles. The molecule has 1 heterocycles. The average molecular weight is 641 g/mol. The van der Waals surface area contributed by atoms with Crippen LogP contribution in [0.2, 0.25) is 0 Å². The SMILES string of the molecule is C=CCN(C[C@@H]1C[C@H](c2ccc(CO)cc2)O[C@H](c2ccc(-c3ccccc3CNC(=O)CCCCC(=O)O)cc2)O1)C1CCCC1. The van der Waals surface area contributed by atoms with Crippen molar-refractivity contribution in [3.8, 4) is 11.1 Å². The Bertz CT molecular complexity index is 1450. The van der Waals surface area contributed by atoms with E-state index in [1.807, 2.05) is 48.5 Å². The minimum Gasteiger partial charge on any atom is -0.481 e. The normalized spacial score (nSPS) is 19.9. The summed E-state index contributed by atoms with van der Waals surface area (Å²) in [5, 5.41) is 21.4. The Labute approximate surface area is 278 Å². The Kier molecular flexibility index (Phi) is 12.8. The van der Waals surface area contributed by atoms with Gasteiger partial charge >= 0.3 is 5.97 Å². The first-order valence-corrected chi connectivity index (χ1v) is 17.0. The molecule has 3 atom stereocenters. The molecule has 250 valence electrons. The predicted octanol–water partition coefficient (Wildman–Crippen LogP) is 7.08. The van der Waals surface area contributed by atoms with Crippen molar-refractivity contribution in [1.29, 1.82) is 0 Å². The number of hydrogen-bond donors (Lipinski definition) is 3. The largest absolute Gasteiger partial charge is 0.481 e. The van der Waals surface area contributed by atoms with Gasteiger partial charge < -0.3 is 25.0 Å². The molecule has 0 spiro atoms. The fourth-order valence-electron chi connectivity index (χ4n) is 6.72. The van der Waals surface area contributed by atoms with E-state index in [1.165, 1.54) is 25.7 Å². The lowest BCUT2D eigenvalue weighted by atomic mass is 9.97. The van der Waals surface area contributed by atoms with Crippen LogP contribution in [0.4, 0.5) is 0 Å². The van der Waals surface area contributed by atoms with Crippen LogP contribution in [0.3, 0.4) is 0 Å². The zero-order valence-electron chi connectivity index (χ0n) is 27.2. The molecule has 1 aliphatic carbocycles. The molecule has 0 aromatic heterocycles. The zero-order chi connectivity index (χ0) is 33.0. The summed E-state index contributed by atoms with van der Waals surface area (Å²) in [6, 6.07) is 24.8. The maximum Gasteiger partial charge on any atom is 0.303 e. The average Bonchev–Trinajstić information content (AvgIpc) is 3.64. The minimum absolute atomic E-state index is 0.00844. The molecule has 3 N–H and O–H groups in total. The fraction of sp³-hybridized carbons (Fsp3) is 0.436. The van der Waals surface area contributed by atoms with Crippen molar-refractivity contribution in [3.63, 3.8) is 0 Å². The number of carboxylic acids is 1. The zero-order valence-corrected chi connectivity index (χ0v) is 27.2. The van der Waals surface area contributed by atoms with E-state index in [0.29, 0.717) is 31.8 Å². The van der Waals surface area contributed by atoms with E-state index >= 15 is 0 Å². The molecule has 2 fully saturated rings. The first-order valence-electron chi connectivity index (χ1n) is 17.0. The summed E-state index contributed by atoms with van der Waals surface area (Å²) in [6.45, 7) is 6.08. The Morgan fingerprint density at radius 3 is 2.32 bits per heavy atom. The number of hydrogen-bond acceptors (Lipinski definition) is 6. The number of unbranched alkanes of at least 4 members (excludes halogenated alkanes) is 1. The van der Waals surface area contributed by atoms with Crippen molar-refractivity contribution < 1.29 is 29.3 Å². The smallest absolute Gasteiger partial charge is 0.303 e. The number of nitrogens with one attached hydrogen (secondary N) is 1. The maximum atomic E-state index is 12.4. The third-order valence-electron chi connectivity index (χ3n) is 9.29. The van der Waals surface area contributed by atoms with Gasteiger partial charge in [-0.2, -0.15) is 0 Å². The van der Waals surface area contributed by atoms with E-state index in [-0.39, 0.29) is 31.1 Å². The third kappa shape index (κ3) is 9.84. The molecule has 8 heteroatoms. The lowest BCUT2D eigenvalue weighted by molar-refractivity contribution is -0.253. The van der Waals surface area contributed by atoms with E-state index in [0.717, 1.165) is 52.9 Å². The Morgan fingerprint density at radius 1 is 0.915 bits per heavy atom. The fourth-order valence-corrected chi connectivity index (χ4v) is 6.72. The molecule has 3 aromatic rings. The number of rotatable bonds is 16. The van der Waals surface area contributed by atoms with Gasteiger partial charge in [-0.3, -0.25) is 14.5 Å². The number of carbonyl (C=O) groups is 2. The van der Waals surface area contributed by atoms with Crippen molar-refractivity contribution in [1.82, 2.24) is 10.2 Å². The second-order valence-corrected chi connectivity index (χ2v) is 12.7. The van der Waals surface area contributed by atoms with E-state index in [4.69, 9.17) is 14.6 Å². The van der Waals surface area contributed by atoms with Gasteiger partial charge in [0.1, 0.15) is 0 Å². The predicted molar refractivity (Wildman–Crippen MR) is 182 cm³/mol. The molecule has 2 aliphatic rings. The van der Waals surface area contributed by atoms with E-state index < -0.39 is 12.3 Å². The van der Waals surface area contributed by atoms with E-state index in [2.05, 4.69) is 47.1 Å². The highest BCUT2D eigenvalue weighted by Gasteiger charge is 2.34. The van der Waals surface area contributed by atoms with Gasteiger partial charge in [0.25, 0.3) is 0 Å². The first-order chi connectivity index (χ1) is 22.9. The van der Waals surface area contributed by atoms with Crippen LogP contribution in [0.15, 0.2) is 85.5 Å². The third-order valence-corrected chi connectivity index (χ3v) is 9.29. The van der Waals surface area contributed by atoms with E-state index in [9.17, 15) is 14.7 Å². The lowest BCUT2D eigenvalue weighted by Crippen LogP contribution is -2.43. The Hall–Kier alpha value is -3.82. The molecule has 8 nitrogen and oxygen atoms in total. The van der Waals surface area contributed by atoms with Gasteiger partial charge in [0.05, 0.1) is 18.8 Å². The standard InChI is InChI=1S/C39H48N2O6/c1-2-23-41(33-10-4-5-11-33)26-34-24-36(30-17-15-28(27-42)16-18-30)47-39(46-34)31-21-19-29(20-22-31)35-12-6-3-9-32(35)25-40-37(43)13-7-8-14-38(44)45/h2-3,6,9,12,15-22,33-34,36,39,42H,1,4-5,7-8,10-11,13-14,23-27H2,(H,40,43)(H,44,45)/t34-,36+,39+/m0/s1. The highest BCUT2D eigenvalue weighted by molar-refractivity contribution is 5.76. The van der Waals surface area contributed by atoms with Crippen LogP contribution < -0.4 is 5.32 Å². The van der Waals surface area contributed by atoms with Crippen LogP contribution in [0.1, 0.15) is 92.4 Å². The molecule has 5 rings (SSSR count). The van der Waals surface area contributed by atoms with Crippen molar-refractivity contribution in [2.75, 3.05) is 13.1 Å². The number of amides is 1. The van der Waals surface area contributed by atoms with Gasteiger partial charge in [-0.1, -0.05) is 91.7 Å². The summed E-state index contributed by atoms with van der Waals surface area (Å²) in [7, 11) is 0. The van der Waals surface area contributed by atoms with Gasteiger partial charge in [0, 0.05) is 50.5 Å². The molecule has 0 radical (unpaired) electrons. The van der Waals surface area contributed by atoms with Crippen molar-refractivity contribution in [2.45, 2.75) is 95.5 Å². The second kappa shape index (κ2) is 17.4. The van der Waals surface area contributed by atoms with Crippen molar-refractivity contribution in [3.05, 3.63) is 108 Å². The molecule has 47 heavy (non-hydrogen) atoms. The van der Waals surface area contributed by atoms with Crippen molar-refractivity contribution in [2.24, 2.45) is 0 Å². The molecule has 3 aromatic carbocycles. The number of aliphatic carboxylic acids is 1. The van der Waals surface area contributed by atoms with Crippen LogP contribution >= 0.6 is 0 Å². The van der Waals surface area contributed by atoms with E-state index in [1.54, 1.807) is 0 Å². The topological polar surface area (TPSA) is 108 Å². The van der Waals surface area contributed by atoms with Crippen LogP contribution in [0.5, 0.6) is 0 Å². The van der Waals surface area contributed by atoms with Crippen LogP contribution in [0.25, 0.3) is 11.1 Å². The van der Waals surface area contributed by atoms with Crippen LogP contribution in [0, 0.1) is 0 Å². The highest BCUT2D eigenvalue weighted by Crippen LogP contribution is 2.39. The summed E-state index contributed by atoms with van der Waals surface area (Å²) < 4.78 is 13.3. The van der Waals surface area contributed by atoms with Crippen LogP contribution in [-0.2, 0) is 32.2 Å². The summed E-state index contributed by atoms with van der Waals surface area (Å²) in [6.07, 6.45) is 8.43. The molecular formula is C39H48N2O6. The maximum absolute atomic E-state index is 12.4. The number of aliphatic hydroxyl groups is 1. The minimum atomic E-state index is -0.838. The molecule has 1 amide bonds. The Balaban J connectivity index is 1.29. The number of ether oxygens (including phenoxy) is 2. The molecular weight excluding hydrogens is 592 g/mol. The number of aliphatic hydroxyl groups excluding tert-OH is 1. The summed E-state index contributed by atoms with van der Waals surface area (Å²) in [4.78, 5) is 25.6. The van der Waals surface area contributed by atoms with Gasteiger partial charge in [-0.15, -0.1) is 6.58 Å². The molecule has 0 bridgehead atoms. The summed E-state index contributed by atoms with van der Waals surface area (Å²) >= 11 is 0. The molecule has 1 saturated heterocycles. The number of nitrogens with zero attached hydrogens (tertiary/aromatic N) is 1. The van der Waals surface area contributed by atoms with Gasteiger partial charge in [0.15, 0.2) is 6.29 Å². The Morgan fingerprint density at radius 2 is 1.62 bits per heavy atom. The second-order valence-electron chi connectivity index (χ2n) is 12.7. The van der Waals surface area contributed by atoms with Crippen LogP contribution in [-0.4, -0.2) is 52.2 Å². The van der Waals surface area contributed by atoms with Gasteiger partial charge in [0.2, 0.25) is 5.91 Å². The van der Waals surface area contributed by atoms with Crippen molar-refractivity contribution >= 4 is 11.9 Å². The van der Waals surface area contributed by atoms with Gasteiger partial charge in [-0.05, 0) is 53.5 Å². The summed E-state index contributed by atoms with van der Waals surface area (Å²) in [5.41, 5.74) is 5.96. The number of carboxylic acid groups (broad SMARTS) is 1. The summed E-state index contributed by atoms with van der Waals surface area (Å²) in [5.74, 6) is -0.920. The first kappa shape index (κ1) is 34.5.